The second-order valence-electron chi connectivity index (χ2n) is 11.9. The van der Waals surface area contributed by atoms with Crippen LogP contribution in [0.3, 0.4) is 0 Å². The molecule has 0 aliphatic carbocycles. The molecule has 3 unspecified atom stereocenters. The summed E-state index contributed by atoms with van der Waals surface area (Å²) in [4.78, 5) is 26.5. The van der Waals surface area contributed by atoms with Crippen molar-refractivity contribution >= 4 is 5.97 Å². The number of nitrogens with one attached hydrogen (secondary N) is 1. The molecule has 3 aromatic carbocycles. The highest BCUT2D eigenvalue weighted by atomic mass is 16.5. The van der Waals surface area contributed by atoms with Gasteiger partial charge in [-0.2, -0.15) is 0 Å². The molecular weight excluding hydrogens is 580 g/mol. The van der Waals surface area contributed by atoms with Crippen LogP contribution in [0.15, 0.2) is 83.8 Å². The molecule has 10 heteroatoms. The highest BCUT2D eigenvalue weighted by molar-refractivity contribution is 5.89. The lowest BCUT2D eigenvalue weighted by molar-refractivity contribution is 0.0523. The highest BCUT2D eigenvalue weighted by Crippen LogP contribution is 2.34. The molecule has 1 N–H and O–H groups in total. The van der Waals surface area contributed by atoms with Gasteiger partial charge in [0, 0.05) is 29.8 Å². The van der Waals surface area contributed by atoms with Crippen LogP contribution in [0.5, 0.6) is 5.75 Å². The monoisotopic (exact) mass is 620 g/mol. The molecule has 3 atom stereocenters. The third-order valence-electron chi connectivity index (χ3n) is 8.76. The molecule has 10 nitrogen and oxygen atoms in total. The number of esters is 1. The van der Waals surface area contributed by atoms with Crippen LogP contribution < -0.4 is 10.3 Å². The number of ether oxygens (including phenoxy) is 2. The third kappa shape index (κ3) is 6.51. The minimum absolute atomic E-state index is 0.0224. The predicted molar refractivity (Wildman–Crippen MR) is 176 cm³/mol. The van der Waals surface area contributed by atoms with Crippen molar-refractivity contribution in [3.8, 4) is 28.3 Å². The number of fused-ring (bicyclic) bond motifs is 1. The summed E-state index contributed by atoms with van der Waals surface area (Å²) in [5.74, 6) is 0.852. The number of unbranched alkanes of at least 4 members (excludes halogenated alkanes) is 1. The fourth-order valence-electron chi connectivity index (χ4n) is 6.38. The van der Waals surface area contributed by atoms with E-state index in [-0.39, 0.29) is 29.7 Å². The topological polar surface area (TPSA) is 117 Å². The van der Waals surface area contributed by atoms with Crippen molar-refractivity contribution in [2.75, 3.05) is 6.61 Å². The summed E-state index contributed by atoms with van der Waals surface area (Å²) >= 11 is 0. The summed E-state index contributed by atoms with van der Waals surface area (Å²) in [6.45, 7) is 6.42. The maximum atomic E-state index is 14.1. The number of hydrogen-bond donors (Lipinski definition) is 1. The number of benzene rings is 3. The number of tetrazole rings is 1. The minimum atomic E-state index is -0.372. The van der Waals surface area contributed by atoms with Crippen molar-refractivity contribution in [3.63, 3.8) is 0 Å². The van der Waals surface area contributed by atoms with Gasteiger partial charge in [0.25, 0.3) is 5.56 Å². The van der Waals surface area contributed by atoms with E-state index < -0.39 is 0 Å². The highest BCUT2D eigenvalue weighted by Gasteiger charge is 2.34. The largest absolute Gasteiger partial charge is 0.488 e. The lowest BCUT2D eigenvalue weighted by Gasteiger charge is -2.36. The molecule has 2 aromatic heterocycles. The van der Waals surface area contributed by atoms with Gasteiger partial charge in [0.1, 0.15) is 11.9 Å². The Morgan fingerprint density at radius 3 is 2.57 bits per heavy atom. The second-order valence-corrected chi connectivity index (χ2v) is 11.9. The van der Waals surface area contributed by atoms with Crippen molar-refractivity contribution in [3.05, 3.63) is 106 Å². The molecule has 1 aliphatic heterocycles. The van der Waals surface area contributed by atoms with Crippen LogP contribution in [-0.2, 0) is 11.2 Å². The fraction of sp³-hybridized carbons (Fsp3) is 0.361. The zero-order valence-electron chi connectivity index (χ0n) is 26.6. The van der Waals surface area contributed by atoms with Gasteiger partial charge in [-0.25, -0.2) is 14.6 Å². The number of hydrogen-bond acceptors (Lipinski definition) is 7. The molecular formula is C36H40N6O4. The fourth-order valence-corrected chi connectivity index (χ4v) is 6.38. The summed E-state index contributed by atoms with van der Waals surface area (Å²) in [5, 5.41) is 14.4. The molecule has 46 heavy (non-hydrogen) atoms. The van der Waals surface area contributed by atoms with E-state index in [1.54, 1.807) is 19.1 Å². The van der Waals surface area contributed by atoms with Crippen LogP contribution in [0.2, 0.25) is 0 Å². The molecule has 0 radical (unpaired) electrons. The summed E-state index contributed by atoms with van der Waals surface area (Å²) < 4.78 is 15.8. The van der Waals surface area contributed by atoms with E-state index in [0.29, 0.717) is 30.2 Å². The normalized spacial score (nSPS) is 16.5. The van der Waals surface area contributed by atoms with Crippen molar-refractivity contribution in [2.45, 2.75) is 77.5 Å². The molecule has 0 saturated heterocycles. The lowest BCUT2D eigenvalue weighted by atomic mass is 9.96. The van der Waals surface area contributed by atoms with Crippen LogP contribution in [0, 0.1) is 0 Å². The Bertz CT molecular complexity index is 1830. The molecule has 3 heterocycles. The average Bonchev–Trinajstić information content (AvgIpc) is 3.73. The smallest absolute Gasteiger partial charge is 0.338 e. The Morgan fingerprint density at radius 2 is 1.83 bits per heavy atom. The first-order valence-electron chi connectivity index (χ1n) is 16.2. The van der Waals surface area contributed by atoms with E-state index in [4.69, 9.17) is 9.47 Å². The summed E-state index contributed by atoms with van der Waals surface area (Å²) in [6, 6.07) is 23.5. The number of nitrogens with zero attached hydrogens (tertiary/aromatic N) is 5. The van der Waals surface area contributed by atoms with Crippen LogP contribution in [0.4, 0.5) is 0 Å². The van der Waals surface area contributed by atoms with Crippen molar-refractivity contribution < 1.29 is 14.3 Å². The first-order chi connectivity index (χ1) is 22.5. The second kappa shape index (κ2) is 14.0. The molecule has 0 saturated carbocycles. The van der Waals surface area contributed by atoms with E-state index in [1.807, 2.05) is 47.3 Å². The molecule has 0 spiro atoms. The van der Waals surface area contributed by atoms with Gasteiger partial charge in [-0.3, -0.25) is 9.48 Å². The van der Waals surface area contributed by atoms with Crippen molar-refractivity contribution in [1.82, 2.24) is 30.0 Å². The van der Waals surface area contributed by atoms with Crippen LogP contribution >= 0.6 is 0 Å². The van der Waals surface area contributed by atoms with Crippen LogP contribution in [0.1, 0.15) is 86.4 Å². The van der Waals surface area contributed by atoms with Gasteiger partial charge in [-0.1, -0.05) is 67.9 Å². The van der Waals surface area contributed by atoms with Gasteiger partial charge >= 0.3 is 5.97 Å². The Balaban J connectivity index is 1.26. The first-order valence-corrected chi connectivity index (χ1v) is 16.2. The van der Waals surface area contributed by atoms with E-state index in [0.717, 1.165) is 59.9 Å². The summed E-state index contributed by atoms with van der Waals surface area (Å²) in [5.41, 5.74) is 5.29. The number of rotatable bonds is 12. The molecule has 0 fully saturated rings. The lowest BCUT2D eigenvalue weighted by Crippen LogP contribution is -2.41. The molecule has 1 aliphatic rings. The molecule has 238 valence electrons. The molecule has 6 rings (SSSR count). The quantitative estimate of drug-likeness (QED) is 0.153. The number of carbonyl (C=O) groups is 1. The summed E-state index contributed by atoms with van der Waals surface area (Å²) in [6.07, 6.45) is 6.91. The van der Waals surface area contributed by atoms with Gasteiger partial charge in [-0.05, 0) is 84.8 Å². The maximum Gasteiger partial charge on any atom is 0.338 e. The van der Waals surface area contributed by atoms with Gasteiger partial charge in [0.2, 0.25) is 0 Å². The molecule has 5 aromatic rings. The van der Waals surface area contributed by atoms with E-state index >= 15 is 0 Å². The van der Waals surface area contributed by atoms with Crippen LogP contribution in [0.25, 0.3) is 22.5 Å². The van der Waals surface area contributed by atoms with Crippen LogP contribution in [-0.4, -0.2) is 48.7 Å². The zero-order valence-corrected chi connectivity index (χ0v) is 26.6. The third-order valence-corrected chi connectivity index (χ3v) is 8.76. The van der Waals surface area contributed by atoms with E-state index in [2.05, 4.69) is 63.4 Å². The van der Waals surface area contributed by atoms with Gasteiger partial charge in [0.15, 0.2) is 5.82 Å². The Morgan fingerprint density at radius 1 is 1.02 bits per heavy atom. The SMILES string of the molecule is CCCCC(Oc1cccc(C(=O)OCC)c1)C1CCC(C)n2cc(Cc3ccc(-c4ccccc4-c4nnn[nH]4)cc3)c(=O)n21. The Labute approximate surface area is 268 Å². The van der Waals surface area contributed by atoms with Gasteiger partial charge in [0.05, 0.1) is 18.2 Å². The maximum absolute atomic E-state index is 14.1. The van der Waals surface area contributed by atoms with E-state index in [1.165, 1.54) is 0 Å². The average molecular weight is 621 g/mol. The number of aromatic amines is 1. The van der Waals surface area contributed by atoms with Gasteiger partial charge < -0.3 is 9.47 Å². The van der Waals surface area contributed by atoms with Gasteiger partial charge in [-0.15, -0.1) is 5.10 Å². The number of H-pyrrole nitrogens is 1. The predicted octanol–water partition coefficient (Wildman–Crippen LogP) is 6.80. The molecule has 0 amide bonds. The van der Waals surface area contributed by atoms with Crippen molar-refractivity contribution in [2.24, 2.45) is 0 Å². The first kappa shape index (κ1) is 31.0. The standard InChI is InChI=1S/C36H40N6O4/c1-4-6-14-33(46-29-11-9-10-27(22-29)36(44)45-5-2)32-20-15-24(3)41-23-28(35(43)42(32)41)21-25-16-18-26(19-17-25)30-12-7-8-13-31(30)34-37-39-40-38-34/h7-13,16-19,22-24,32-33H,4-6,14-15,20-21H2,1-3H3,(H,37,38,39,40). The minimum Gasteiger partial charge on any atom is -0.488 e. The Hall–Kier alpha value is -4.99. The number of aromatic nitrogens is 6. The zero-order chi connectivity index (χ0) is 32.0. The summed E-state index contributed by atoms with van der Waals surface area (Å²) in [7, 11) is 0. The van der Waals surface area contributed by atoms with E-state index in [9.17, 15) is 9.59 Å². The Kier molecular flexibility index (Phi) is 9.42. The van der Waals surface area contributed by atoms with Crippen molar-refractivity contribution in [1.29, 1.82) is 0 Å². The molecule has 0 bridgehead atoms. The number of carbonyl (C=O) groups excluding carboxylic acids is 1.